The summed E-state index contributed by atoms with van der Waals surface area (Å²) in [5, 5.41) is 22.7. The van der Waals surface area contributed by atoms with E-state index in [0.717, 1.165) is 0 Å². The van der Waals surface area contributed by atoms with Gasteiger partial charge in [-0.05, 0) is 36.8 Å². The second-order valence-electron chi connectivity index (χ2n) is 5.66. The topological polar surface area (TPSA) is 140 Å². The molecule has 0 saturated carbocycles. The molecule has 9 nitrogen and oxygen atoms in total. The molecule has 1 heterocycles. The average Bonchev–Trinajstić information content (AvgIpc) is 2.62. The number of hydrogen-bond donors (Lipinski definition) is 2. The van der Waals surface area contributed by atoms with Gasteiger partial charge in [-0.3, -0.25) is 14.9 Å². The van der Waals surface area contributed by atoms with Gasteiger partial charge >= 0.3 is 11.6 Å². The van der Waals surface area contributed by atoms with Crippen LogP contribution in [0.4, 0.5) is 11.4 Å². The monoisotopic (exact) mass is 368 g/mol. The number of carbonyl (C=O) groups is 2. The summed E-state index contributed by atoms with van der Waals surface area (Å²) in [4.78, 5) is 46.0. The first-order valence-corrected chi connectivity index (χ1v) is 7.64. The number of benzene rings is 2. The number of carbonyl (C=O) groups excluding carboxylic acids is 1. The lowest BCUT2D eigenvalue weighted by Crippen LogP contribution is -2.21. The highest BCUT2D eigenvalue weighted by atomic mass is 16.6. The van der Waals surface area contributed by atoms with Gasteiger partial charge in [-0.1, -0.05) is 6.07 Å². The van der Waals surface area contributed by atoms with E-state index in [-0.39, 0.29) is 33.5 Å². The quantitative estimate of drug-likeness (QED) is 0.410. The maximum absolute atomic E-state index is 12.5. The van der Waals surface area contributed by atoms with Crippen molar-refractivity contribution in [3.8, 4) is 0 Å². The van der Waals surface area contributed by atoms with Crippen LogP contribution in [-0.2, 0) is 0 Å². The summed E-state index contributed by atoms with van der Waals surface area (Å²) in [5.74, 6) is -1.97. The molecule has 0 spiro atoms. The zero-order valence-corrected chi connectivity index (χ0v) is 13.9. The van der Waals surface area contributed by atoms with Crippen LogP contribution in [0.5, 0.6) is 0 Å². The second kappa shape index (κ2) is 6.71. The van der Waals surface area contributed by atoms with Crippen molar-refractivity contribution in [2.24, 2.45) is 0 Å². The fourth-order valence-electron chi connectivity index (χ4n) is 2.58. The second-order valence-corrected chi connectivity index (χ2v) is 5.66. The van der Waals surface area contributed by atoms with Gasteiger partial charge in [0.05, 0.1) is 10.5 Å². The molecule has 9 heteroatoms. The van der Waals surface area contributed by atoms with Crippen LogP contribution in [0.2, 0.25) is 0 Å². The van der Waals surface area contributed by atoms with Gasteiger partial charge < -0.3 is 14.8 Å². The highest BCUT2D eigenvalue weighted by Crippen LogP contribution is 2.22. The molecule has 1 amide bonds. The molecule has 2 N–H and O–H groups in total. The average molecular weight is 368 g/mol. The predicted molar refractivity (Wildman–Crippen MR) is 95.2 cm³/mol. The van der Waals surface area contributed by atoms with E-state index >= 15 is 0 Å². The number of nitrogens with zero attached hydrogens (tertiary/aromatic N) is 1. The van der Waals surface area contributed by atoms with Crippen LogP contribution in [0, 0.1) is 17.0 Å². The van der Waals surface area contributed by atoms with Crippen molar-refractivity contribution in [2.45, 2.75) is 6.92 Å². The molecule has 27 heavy (non-hydrogen) atoms. The van der Waals surface area contributed by atoms with Crippen LogP contribution >= 0.6 is 0 Å². The minimum atomic E-state index is -1.15. The summed E-state index contributed by atoms with van der Waals surface area (Å²) < 4.78 is 5.05. The largest absolute Gasteiger partial charge is 0.478 e. The summed E-state index contributed by atoms with van der Waals surface area (Å²) in [6.07, 6.45) is 0. The van der Waals surface area contributed by atoms with E-state index in [1.54, 1.807) is 0 Å². The first-order valence-electron chi connectivity index (χ1n) is 7.64. The maximum atomic E-state index is 12.5. The number of non-ortho nitro benzene ring substituents is 1. The molecule has 0 aliphatic carbocycles. The number of amides is 1. The molecule has 0 radical (unpaired) electrons. The van der Waals surface area contributed by atoms with Crippen molar-refractivity contribution in [1.29, 1.82) is 0 Å². The Bertz CT molecular complexity index is 1160. The van der Waals surface area contributed by atoms with E-state index in [2.05, 4.69) is 5.32 Å². The van der Waals surface area contributed by atoms with Gasteiger partial charge in [0.1, 0.15) is 11.1 Å². The third kappa shape index (κ3) is 3.38. The number of aromatic carboxylic acids is 1. The molecule has 2 aromatic carbocycles. The minimum absolute atomic E-state index is 0.00831. The van der Waals surface area contributed by atoms with Crippen LogP contribution in [0.1, 0.15) is 26.3 Å². The fourth-order valence-corrected chi connectivity index (χ4v) is 2.58. The Kier molecular flexibility index (Phi) is 4.43. The van der Waals surface area contributed by atoms with E-state index < -0.39 is 22.4 Å². The number of nitrogens with one attached hydrogen (secondary N) is 1. The molecule has 0 atom stereocenters. The lowest BCUT2D eigenvalue weighted by molar-refractivity contribution is -0.384. The van der Waals surface area contributed by atoms with Crippen molar-refractivity contribution in [3.05, 3.63) is 79.7 Å². The number of anilines is 1. The number of carboxylic acids is 1. The summed E-state index contributed by atoms with van der Waals surface area (Å²) >= 11 is 0. The Labute approximate surface area is 151 Å². The van der Waals surface area contributed by atoms with E-state index in [0.29, 0.717) is 5.56 Å². The van der Waals surface area contributed by atoms with E-state index in [9.17, 15) is 24.5 Å². The third-order valence-corrected chi connectivity index (χ3v) is 3.98. The van der Waals surface area contributed by atoms with E-state index in [1.807, 2.05) is 0 Å². The SMILES string of the molecule is Cc1c(NC(=O)c2cc3cc([N+](=O)[O-])ccc3oc2=O)cccc1C(=O)O. The normalized spacial score (nSPS) is 10.6. The molecular weight excluding hydrogens is 356 g/mol. The third-order valence-electron chi connectivity index (χ3n) is 3.98. The van der Waals surface area contributed by atoms with Crippen molar-refractivity contribution in [2.75, 3.05) is 5.32 Å². The lowest BCUT2D eigenvalue weighted by Gasteiger charge is -2.10. The molecule has 0 aliphatic heterocycles. The van der Waals surface area contributed by atoms with E-state index in [1.165, 1.54) is 49.4 Å². The Morgan fingerprint density at radius 3 is 2.56 bits per heavy atom. The van der Waals surface area contributed by atoms with Gasteiger partial charge in [-0.2, -0.15) is 0 Å². The number of nitro groups is 1. The van der Waals surface area contributed by atoms with Crippen LogP contribution < -0.4 is 10.9 Å². The number of nitro benzene ring substituents is 1. The maximum Gasteiger partial charge on any atom is 0.349 e. The molecule has 0 bridgehead atoms. The summed E-state index contributed by atoms with van der Waals surface area (Å²) in [5.41, 5.74) is -0.838. The number of hydrogen-bond acceptors (Lipinski definition) is 6. The smallest absolute Gasteiger partial charge is 0.349 e. The van der Waals surface area contributed by atoms with Gasteiger partial charge in [-0.15, -0.1) is 0 Å². The van der Waals surface area contributed by atoms with Gasteiger partial charge in [0.2, 0.25) is 0 Å². The Hall–Kier alpha value is -4.01. The summed E-state index contributed by atoms with van der Waals surface area (Å²) in [6.45, 7) is 1.52. The van der Waals surface area contributed by atoms with Gasteiger partial charge in [0, 0.05) is 23.2 Å². The predicted octanol–water partition coefficient (Wildman–Crippen LogP) is 2.96. The molecular formula is C18H12N2O7. The Balaban J connectivity index is 2.02. The van der Waals surface area contributed by atoms with Crippen molar-refractivity contribution in [1.82, 2.24) is 0 Å². The minimum Gasteiger partial charge on any atom is -0.478 e. The van der Waals surface area contributed by atoms with Gasteiger partial charge in [-0.25, -0.2) is 9.59 Å². The van der Waals surface area contributed by atoms with E-state index in [4.69, 9.17) is 9.52 Å². The molecule has 0 aliphatic rings. The van der Waals surface area contributed by atoms with Crippen molar-refractivity contribution >= 4 is 34.2 Å². The molecule has 3 rings (SSSR count). The molecule has 3 aromatic rings. The standard InChI is InChI=1S/C18H12N2O7/c1-9-12(17(22)23)3-2-4-14(9)19-16(21)13-8-10-7-11(20(25)26)5-6-15(10)27-18(13)24/h2-8H,1H3,(H,19,21)(H,22,23). The van der Waals surface area contributed by atoms with Crippen LogP contribution in [-0.4, -0.2) is 21.9 Å². The zero-order valence-electron chi connectivity index (χ0n) is 13.9. The van der Waals surface area contributed by atoms with Crippen molar-refractivity contribution < 1.29 is 24.0 Å². The Morgan fingerprint density at radius 2 is 1.89 bits per heavy atom. The van der Waals surface area contributed by atoms with Crippen molar-refractivity contribution in [3.63, 3.8) is 0 Å². The molecule has 1 aromatic heterocycles. The number of fused-ring (bicyclic) bond motifs is 1. The Morgan fingerprint density at radius 1 is 1.15 bits per heavy atom. The zero-order chi connectivity index (χ0) is 19.7. The van der Waals surface area contributed by atoms with Gasteiger partial charge in [0.25, 0.3) is 11.6 Å². The highest BCUT2D eigenvalue weighted by Gasteiger charge is 2.18. The molecule has 0 unspecified atom stereocenters. The highest BCUT2D eigenvalue weighted by molar-refractivity contribution is 6.06. The van der Waals surface area contributed by atoms with Crippen LogP contribution in [0.25, 0.3) is 11.0 Å². The number of rotatable bonds is 4. The van der Waals surface area contributed by atoms with Gasteiger partial charge in [0.15, 0.2) is 0 Å². The summed E-state index contributed by atoms with van der Waals surface area (Å²) in [7, 11) is 0. The molecule has 0 fully saturated rings. The lowest BCUT2D eigenvalue weighted by atomic mass is 10.1. The van der Waals surface area contributed by atoms with Crippen LogP contribution in [0.3, 0.4) is 0 Å². The first-order chi connectivity index (χ1) is 12.8. The fraction of sp³-hybridized carbons (Fsp3) is 0.0556. The first kappa shape index (κ1) is 17.8. The number of carboxylic acid groups (broad SMARTS) is 1. The molecule has 0 saturated heterocycles. The molecule has 136 valence electrons. The summed E-state index contributed by atoms with van der Waals surface area (Å²) in [6, 6.07) is 9.18. The van der Waals surface area contributed by atoms with Crippen LogP contribution in [0.15, 0.2) is 51.7 Å².